The van der Waals surface area contributed by atoms with E-state index in [1.807, 2.05) is 48.5 Å². The fraction of sp³-hybridized carbons (Fsp3) is 0.136. The molecule has 3 aromatic rings. The van der Waals surface area contributed by atoms with Crippen molar-refractivity contribution in [2.45, 2.75) is 13.0 Å². The molecular weight excluding hydrogens is 374 g/mol. The van der Waals surface area contributed by atoms with Crippen LogP contribution in [0.5, 0.6) is 0 Å². The summed E-state index contributed by atoms with van der Waals surface area (Å²) in [6.07, 6.45) is 3.61. The number of rotatable bonds is 7. The lowest BCUT2D eigenvalue weighted by atomic mass is 10.1. The molecule has 1 aromatic heterocycles. The minimum Gasteiger partial charge on any atom is -0.352 e. The third-order valence-corrected chi connectivity index (χ3v) is 4.57. The molecule has 0 unspecified atom stereocenters. The molecule has 0 fully saturated rings. The number of hydrogen-bond donors (Lipinski definition) is 2. The lowest BCUT2D eigenvalue weighted by molar-refractivity contribution is 0.0950. The lowest BCUT2D eigenvalue weighted by Crippen LogP contribution is -2.27. The fourth-order valence-corrected chi connectivity index (χ4v) is 2.88. The molecule has 0 aliphatic carbocycles. The Morgan fingerprint density at radius 3 is 2.21 bits per heavy atom. The molecule has 0 bridgehead atoms. The number of pyridine rings is 1. The molecule has 0 atom stereocenters. The predicted molar refractivity (Wildman–Crippen MR) is 109 cm³/mol. The van der Waals surface area contributed by atoms with E-state index < -0.39 is 0 Å². The van der Waals surface area contributed by atoms with Gasteiger partial charge in [0.25, 0.3) is 11.8 Å². The number of hydrogen-bond acceptors (Lipinski definition) is 3. The van der Waals surface area contributed by atoms with Gasteiger partial charge in [0.15, 0.2) is 0 Å². The number of benzene rings is 2. The molecule has 142 valence electrons. The van der Waals surface area contributed by atoms with Crippen molar-refractivity contribution in [1.29, 1.82) is 0 Å². The van der Waals surface area contributed by atoms with Gasteiger partial charge in [0.05, 0.1) is 11.1 Å². The number of aromatic nitrogens is 1. The van der Waals surface area contributed by atoms with Gasteiger partial charge < -0.3 is 10.6 Å². The molecule has 1 heterocycles. The summed E-state index contributed by atoms with van der Waals surface area (Å²) in [7, 11) is 0. The van der Waals surface area contributed by atoms with Crippen LogP contribution in [0.25, 0.3) is 0 Å². The molecule has 3 rings (SSSR count). The van der Waals surface area contributed by atoms with Crippen molar-refractivity contribution in [2.75, 3.05) is 6.54 Å². The quantitative estimate of drug-likeness (QED) is 0.643. The second kappa shape index (κ2) is 9.67. The molecule has 0 saturated carbocycles. The first-order valence-electron chi connectivity index (χ1n) is 8.92. The van der Waals surface area contributed by atoms with Crippen LogP contribution in [0.15, 0.2) is 73.1 Å². The Balaban J connectivity index is 1.55. The number of amides is 2. The Labute approximate surface area is 168 Å². The Morgan fingerprint density at radius 2 is 1.50 bits per heavy atom. The van der Waals surface area contributed by atoms with Gasteiger partial charge in [0.1, 0.15) is 0 Å². The van der Waals surface area contributed by atoms with E-state index >= 15 is 0 Å². The molecule has 0 aliphatic heterocycles. The van der Waals surface area contributed by atoms with Crippen LogP contribution in [0.2, 0.25) is 5.02 Å². The molecule has 0 saturated heterocycles. The number of nitrogens with one attached hydrogen (secondary N) is 2. The van der Waals surface area contributed by atoms with Gasteiger partial charge in [-0.1, -0.05) is 60.1 Å². The van der Waals surface area contributed by atoms with E-state index in [4.69, 9.17) is 11.6 Å². The van der Waals surface area contributed by atoms with Gasteiger partial charge in [-0.15, -0.1) is 0 Å². The van der Waals surface area contributed by atoms with Crippen molar-refractivity contribution in [1.82, 2.24) is 15.6 Å². The molecule has 28 heavy (non-hydrogen) atoms. The Hall–Kier alpha value is -3.18. The first-order valence-corrected chi connectivity index (χ1v) is 9.30. The maximum atomic E-state index is 12.4. The lowest BCUT2D eigenvalue weighted by Gasteiger charge is -2.08. The van der Waals surface area contributed by atoms with Crippen LogP contribution < -0.4 is 10.6 Å². The zero-order valence-electron chi connectivity index (χ0n) is 15.2. The summed E-state index contributed by atoms with van der Waals surface area (Å²) in [4.78, 5) is 28.7. The zero-order chi connectivity index (χ0) is 19.8. The van der Waals surface area contributed by atoms with E-state index in [1.54, 1.807) is 6.07 Å². The van der Waals surface area contributed by atoms with Gasteiger partial charge in [-0.05, 0) is 29.7 Å². The first kappa shape index (κ1) is 19.6. The van der Waals surface area contributed by atoms with E-state index in [2.05, 4.69) is 15.6 Å². The molecule has 0 radical (unpaired) electrons. The number of carbonyl (C=O) groups excluding carboxylic acids is 2. The molecule has 0 spiro atoms. The van der Waals surface area contributed by atoms with Crippen molar-refractivity contribution in [3.8, 4) is 0 Å². The molecule has 5 nitrogen and oxygen atoms in total. The second-order valence-electron chi connectivity index (χ2n) is 6.23. The normalized spacial score (nSPS) is 10.3. The summed E-state index contributed by atoms with van der Waals surface area (Å²) in [5.74, 6) is -0.574. The third-order valence-electron chi connectivity index (χ3n) is 4.20. The van der Waals surface area contributed by atoms with Gasteiger partial charge in [-0.2, -0.15) is 0 Å². The average Bonchev–Trinajstić information content (AvgIpc) is 2.74. The van der Waals surface area contributed by atoms with Crippen molar-refractivity contribution in [3.63, 3.8) is 0 Å². The van der Waals surface area contributed by atoms with Crippen molar-refractivity contribution in [2.24, 2.45) is 0 Å². The Morgan fingerprint density at radius 1 is 0.857 bits per heavy atom. The second-order valence-corrected chi connectivity index (χ2v) is 6.64. The van der Waals surface area contributed by atoms with Crippen molar-refractivity contribution < 1.29 is 9.59 Å². The van der Waals surface area contributed by atoms with Crippen LogP contribution in [0.1, 0.15) is 31.8 Å². The van der Waals surface area contributed by atoms with Crippen LogP contribution >= 0.6 is 11.6 Å². The molecule has 2 aromatic carbocycles. The summed E-state index contributed by atoms with van der Waals surface area (Å²) in [5, 5.41) is 6.23. The molecular formula is C22H20ClN3O2. The maximum Gasteiger partial charge on any atom is 0.253 e. The highest BCUT2D eigenvalue weighted by Gasteiger charge is 2.11. The SMILES string of the molecule is O=C(NCCc1ccccc1)c1cncc(C(=O)NCc2ccccc2Cl)c1. The van der Waals surface area contributed by atoms with E-state index in [-0.39, 0.29) is 11.8 Å². The Bertz CT molecular complexity index is 961. The summed E-state index contributed by atoms with van der Waals surface area (Å²) in [5.41, 5.74) is 2.63. The van der Waals surface area contributed by atoms with Crippen LogP contribution in [-0.2, 0) is 13.0 Å². The number of carbonyl (C=O) groups is 2. The van der Waals surface area contributed by atoms with Gasteiger partial charge in [0, 0.05) is 30.5 Å². The summed E-state index contributed by atoms with van der Waals surface area (Å²) in [6, 6.07) is 18.7. The average molecular weight is 394 g/mol. The molecule has 2 amide bonds. The number of halogens is 1. The summed E-state index contributed by atoms with van der Waals surface area (Å²) >= 11 is 6.10. The van der Waals surface area contributed by atoms with Crippen molar-refractivity contribution >= 4 is 23.4 Å². The smallest absolute Gasteiger partial charge is 0.253 e. The number of nitrogens with zero attached hydrogens (tertiary/aromatic N) is 1. The largest absolute Gasteiger partial charge is 0.352 e. The van der Waals surface area contributed by atoms with Gasteiger partial charge in [-0.3, -0.25) is 14.6 Å². The van der Waals surface area contributed by atoms with Crippen LogP contribution in [0.3, 0.4) is 0 Å². The van der Waals surface area contributed by atoms with Gasteiger partial charge in [0.2, 0.25) is 0 Å². The van der Waals surface area contributed by atoms with E-state index in [9.17, 15) is 9.59 Å². The van der Waals surface area contributed by atoms with Gasteiger partial charge in [-0.25, -0.2) is 0 Å². The summed E-state index contributed by atoms with van der Waals surface area (Å²) in [6.45, 7) is 0.803. The van der Waals surface area contributed by atoms with Crippen LogP contribution in [-0.4, -0.2) is 23.3 Å². The van der Waals surface area contributed by atoms with Gasteiger partial charge >= 0.3 is 0 Å². The highest BCUT2D eigenvalue weighted by molar-refractivity contribution is 6.31. The minimum atomic E-state index is -0.314. The van der Waals surface area contributed by atoms with E-state index in [1.165, 1.54) is 18.5 Å². The van der Waals surface area contributed by atoms with Crippen molar-refractivity contribution in [3.05, 3.63) is 100 Å². The van der Waals surface area contributed by atoms with Crippen LogP contribution in [0.4, 0.5) is 0 Å². The summed E-state index contributed by atoms with van der Waals surface area (Å²) < 4.78 is 0. The predicted octanol–water partition coefficient (Wildman–Crippen LogP) is 3.64. The zero-order valence-corrected chi connectivity index (χ0v) is 15.9. The monoisotopic (exact) mass is 393 g/mol. The standard InChI is InChI=1S/C22H20ClN3O2/c23-20-9-5-4-8-17(20)15-26-22(28)19-12-18(13-24-14-19)21(27)25-11-10-16-6-2-1-3-7-16/h1-9,12-14H,10-11,15H2,(H,25,27)(H,26,28). The maximum absolute atomic E-state index is 12.4. The van der Waals surface area contributed by atoms with E-state index in [0.717, 1.165) is 17.5 Å². The fourth-order valence-electron chi connectivity index (χ4n) is 2.67. The third kappa shape index (κ3) is 5.41. The van der Waals surface area contributed by atoms with Crippen LogP contribution in [0, 0.1) is 0 Å². The topological polar surface area (TPSA) is 71.1 Å². The minimum absolute atomic E-state index is 0.260. The molecule has 0 aliphatic rings. The highest BCUT2D eigenvalue weighted by atomic mass is 35.5. The van der Waals surface area contributed by atoms with E-state index in [0.29, 0.717) is 29.2 Å². The Kier molecular flexibility index (Phi) is 6.76. The first-order chi connectivity index (χ1) is 13.6. The molecule has 2 N–H and O–H groups in total. The molecule has 6 heteroatoms. The highest BCUT2D eigenvalue weighted by Crippen LogP contribution is 2.14.